The highest BCUT2D eigenvalue weighted by molar-refractivity contribution is 6.30. The molecule has 0 aromatic carbocycles. The van der Waals surface area contributed by atoms with Gasteiger partial charge in [-0.1, -0.05) is 17.5 Å². The van der Waals surface area contributed by atoms with E-state index < -0.39 is 0 Å². The summed E-state index contributed by atoms with van der Waals surface area (Å²) in [6, 6.07) is 3.16. The van der Waals surface area contributed by atoms with Crippen molar-refractivity contribution < 1.29 is 0 Å². The van der Waals surface area contributed by atoms with E-state index in [2.05, 4.69) is 21.1 Å². The molecular formula is C14H16ClN3. The second-order valence-corrected chi connectivity index (χ2v) is 5.32. The summed E-state index contributed by atoms with van der Waals surface area (Å²) in [6.45, 7) is 2.14. The fraction of sp³-hybridized carbons (Fsp3) is 0.500. The Balaban J connectivity index is 1.97. The van der Waals surface area contributed by atoms with Crippen LogP contribution < -0.4 is 10.2 Å². The first-order valence-electron chi connectivity index (χ1n) is 6.41. The molecule has 0 radical (unpaired) electrons. The first kappa shape index (κ1) is 11.8. The summed E-state index contributed by atoms with van der Waals surface area (Å²) in [5, 5.41) is 3.91. The fourth-order valence-corrected chi connectivity index (χ4v) is 3.24. The molecule has 3 rings (SSSR count). The molecule has 94 valence electrons. The Bertz CT molecular complexity index is 480. The molecule has 0 unspecified atom stereocenters. The van der Waals surface area contributed by atoms with Gasteiger partial charge >= 0.3 is 0 Å². The van der Waals surface area contributed by atoms with E-state index in [0.717, 1.165) is 18.8 Å². The molecule has 0 saturated carbocycles. The highest BCUT2D eigenvalue weighted by Crippen LogP contribution is 2.33. The van der Waals surface area contributed by atoms with Crippen LogP contribution in [0, 0.1) is 12.3 Å². The van der Waals surface area contributed by atoms with Gasteiger partial charge in [0, 0.05) is 18.6 Å². The first-order valence-corrected chi connectivity index (χ1v) is 6.78. The number of halogens is 1. The molecule has 2 aliphatic heterocycles. The van der Waals surface area contributed by atoms with Crippen LogP contribution in [-0.2, 0) is 0 Å². The Hall–Kier alpha value is -1.24. The molecule has 0 spiro atoms. The number of hydrogen-bond acceptors (Lipinski definition) is 3. The van der Waals surface area contributed by atoms with Crippen LogP contribution in [0.3, 0.4) is 0 Å². The average Bonchev–Trinajstić information content (AvgIpc) is 2.64. The molecule has 3 heterocycles. The molecule has 3 nitrogen and oxygen atoms in total. The zero-order valence-electron chi connectivity index (χ0n) is 10.2. The standard InChI is InChI=1S/C14H16ClN3/c1-2-10-7-13(9-17-14(10)15)18-11-3-4-12(18)8-16-6-5-11/h1,7,9,11-12,16H,3-6,8H2/t11-,12+/m0/s1. The summed E-state index contributed by atoms with van der Waals surface area (Å²) in [5.74, 6) is 2.60. The molecule has 2 aliphatic rings. The largest absolute Gasteiger partial charge is 0.363 e. The molecule has 1 N–H and O–H groups in total. The molecule has 2 fully saturated rings. The van der Waals surface area contributed by atoms with Crippen molar-refractivity contribution in [1.82, 2.24) is 10.3 Å². The van der Waals surface area contributed by atoms with Crippen molar-refractivity contribution in [2.24, 2.45) is 0 Å². The lowest BCUT2D eigenvalue weighted by Gasteiger charge is -2.30. The highest BCUT2D eigenvalue weighted by Gasteiger charge is 2.35. The van der Waals surface area contributed by atoms with Crippen LogP contribution in [-0.4, -0.2) is 30.2 Å². The van der Waals surface area contributed by atoms with Gasteiger partial charge in [-0.05, 0) is 31.9 Å². The zero-order chi connectivity index (χ0) is 12.5. The Kier molecular flexibility index (Phi) is 3.15. The van der Waals surface area contributed by atoms with Crippen LogP contribution in [0.2, 0.25) is 5.15 Å². The lowest BCUT2D eigenvalue weighted by molar-refractivity contribution is 0.567. The van der Waals surface area contributed by atoms with Gasteiger partial charge in [0.25, 0.3) is 0 Å². The monoisotopic (exact) mass is 261 g/mol. The maximum atomic E-state index is 5.97. The van der Waals surface area contributed by atoms with E-state index in [1.807, 2.05) is 12.3 Å². The number of nitrogens with one attached hydrogen (secondary N) is 1. The summed E-state index contributed by atoms with van der Waals surface area (Å²) < 4.78 is 0. The topological polar surface area (TPSA) is 28.2 Å². The maximum absolute atomic E-state index is 5.97. The maximum Gasteiger partial charge on any atom is 0.144 e. The molecule has 1 aromatic rings. The predicted octanol–water partition coefficient (Wildman–Crippen LogP) is 2.05. The number of rotatable bonds is 1. The van der Waals surface area contributed by atoms with Gasteiger partial charge in [0.15, 0.2) is 0 Å². The number of nitrogens with zero attached hydrogens (tertiary/aromatic N) is 2. The second kappa shape index (κ2) is 4.79. The van der Waals surface area contributed by atoms with E-state index in [4.69, 9.17) is 18.0 Å². The van der Waals surface area contributed by atoms with Crippen LogP contribution in [0.4, 0.5) is 5.69 Å². The van der Waals surface area contributed by atoms with Crippen molar-refractivity contribution >= 4 is 17.3 Å². The molecule has 2 bridgehead atoms. The van der Waals surface area contributed by atoms with Crippen LogP contribution in [0.5, 0.6) is 0 Å². The van der Waals surface area contributed by atoms with Crippen LogP contribution in [0.15, 0.2) is 12.3 Å². The average molecular weight is 262 g/mol. The van der Waals surface area contributed by atoms with Crippen molar-refractivity contribution in [1.29, 1.82) is 0 Å². The van der Waals surface area contributed by atoms with Crippen LogP contribution in [0.1, 0.15) is 24.8 Å². The van der Waals surface area contributed by atoms with E-state index in [0.29, 0.717) is 22.8 Å². The third-order valence-corrected chi connectivity index (χ3v) is 4.23. The minimum Gasteiger partial charge on any atom is -0.363 e. The van der Waals surface area contributed by atoms with Crippen molar-refractivity contribution in [3.05, 3.63) is 23.0 Å². The van der Waals surface area contributed by atoms with Crippen molar-refractivity contribution in [2.75, 3.05) is 18.0 Å². The van der Waals surface area contributed by atoms with Gasteiger partial charge in [-0.2, -0.15) is 0 Å². The number of pyridine rings is 1. The number of hydrogen-bond donors (Lipinski definition) is 1. The van der Waals surface area contributed by atoms with Gasteiger partial charge in [0.2, 0.25) is 0 Å². The Morgan fingerprint density at radius 3 is 3.06 bits per heavy atom. The summed E-state index contributed by atoms with van der Waals surface area (Å²) in [5.41, 5.74) is 1.80. The minimum absolute atomic E-state index is 0.418. The van der Waals surface area contributed by atoms with Gasteiger partial charge in [0.1, 0.15) is 5.15 Å². The van der Waals surface area contributed by atoms with Gasteiger partial charge in [-0.15, -0.1) is 6.42 Å². The number of fused-ring (bicyclic) bond motifs is 2. The molecule has 0 aliphatic carbocycles. The SMILES string of the molecule is C#Cc1cc(N2[C@@H]3CCNC[C@H]2CC3)cnc1Cl. The molecular weight excluding hydrogens is 246 g/mol. The van der Waals surface area contributed by atoms with Crippen molar-refractivity contribution in [2.45, 2.75) is 31.3 Å². The quantitative estimate of drug-likeness (QED) is 0.620. The summed E-state index contributed by atoms with van der Waals surface area (Å²) >= 11 is 5.97. The van der Waals surface area contributed by atoms with Gasteiger partial charge < -0.3 is 10.2 Å². The summed E-state index contributed by atoms with van der Waals surface area (Å²) in [6.07, 6.45) is 11.0. The van der Waals surface area contributed by atoms with Crippen molar-refractivity contribution in [3.63, 3.8) is 0 Å². The highest BCUT2D eigenvalue weighted by atomic mass is 35.5. The van der Waals surface area contributed by atoms with Crippen LogP contribution >= 0.6 is 11.6 Å². The third kappa shape index (κ3) is 1.96. The Morgan fingerprint density at radius 1 is 1.39 bits per heavy atom. The zero-order valence-corrected chi connectivity index (χ0v) is 11.0. The molecule has 18 heavy (non-hydrogen) atoms. The summed E-state index contributed by atoms with van der Waals surface area (Å²) in [4.78, 5) is 6.69. The third-order valence-electron chi connectivity index (χ3n) is 3.93. The molecule has 4 heteroatoms. The normalized spacial score (nSPS) is 26.8. The fourth-order valence-electron chi connectivity index (χ4n) is 3.08. The lowest BCUT2D eigenvalue weighted by Crippen LogP contribution is -2.38. The molecule has 2 atom stereocenters. The number of anilines is 1. The van der Waals surface area contributed by atoms with Crippen molar-refractivity contribution in [3.8, 4) is 12.3 Å². The number of terminal acetylenes is 1. The predicted molar refractivity (Wildman–Crippen MR) is 74.0 cm³/mol. The Labute approximate surface area is 113 Å². The van der Waals surface area contributed by atoms with E-state index in [9.17, 15) is 0 Å². The smallest absolute Gasteiger partial charge is 0.144 e. The molecule has 1 aromatic heterocycles. The number of aromatic nitrogens is 1. The molecule has 2 saturated heterocycles. The van der Waals surface area contributed by atoms with Gasteiger partial charge in [-0.3, -0.25) is 0 Å². The molecule has 0 amide bonds. The van der Waals surface area contributed by atoms with E-state index in [1.54, 1.807) is 0 Å². The minimum atomic E-state index is 0.418. The Morgan fingerprint density at radius 2 is 2.22 bits per heavy atom. The van der Waals surface area contributed by atoms with Crippen LogP contribution in [0.25, 0.3) is 0 Å². The lowest BCUT2D eigenvalue weighted by atomic mass is 10.1. The summed E-state index contributed by atoms with van der Waals surface area (Å²) in [7, 11) is 0. The van der Waals surface area contributed by atoms with E-state index >= 15 is 0 Å². The van der Waals surface area contributed by atoms with Gasteiger partial charge in [0.05, 0.1) is 17.4 Å². The van der Waals surface area contributed by atoms with E-state index in [-0.39, 0.29) is 0 Å². The first-order chi connectivity index (χ1) is 8.79. The van der Waals surface area contributed by atoms with Gasteiger partial charge in [-0.25, -0.2) is 4.98 Å². The van der Waals surface area contributed by atoms with E-state index in [1.165, 1.54) is 19.3 Å². The second-order valence-electron chi connectivity index (χ2n) is 4.96.